The molecule has 3 aromatic rings. The summed E-state index contributed by atoms with van der Waals surface area (Å²) in [6.45, 7) is 7.25. The van der Waals surface area contributed by atoms with Gasteiger partial charge >= 0.3 is 0 Å². The highest BCUT2D eigenvalue weighted by atomic mass is 32.1. The van der Waals surface area contributed by atoms with E-state index in [0.717, 1.165) is 17.2 Å². The van der Waals surface area contributed by atoms with E-state index in [2.05, 4.69) is 67.1 Å². The SMILES string of the molecule is Cc1cccc(-c2nc(Cn3c(C)ccc3C)cs2)c1. The first-order chi connectivity index (χ1) is 9.63. The summed E-state index contributed by atoms with van der Waals surface area (Å²) < 4.78 is 2.30. The van der Waals surface area contributed by atoms with Crippen LogP contribution in [0.1, 0.15) is 22.6 Å². The molecule has 0 unspecified atom stereocenters. The molecular weight excluding hydrogens is 264 g/mol. The van der Waals surface area contributed by atoms with E-state index in [4.69, 9.17) is 4.98 Å². The lowest BCUT2D eigenvalue weighted by atomic mass is 10.1. The van der Waals surface area contributed by atoms with Crippen molar-refractivity contribution in [2.24, 2.45) is 0 Å². The summed E-state index contributed by atoms with van der Waals surface area (Å²) >= 11 is 1.72. The Hall–Kier alpha value is -1.87. The van der Waals surface area contributed by atoms with Gasteiger partial charge in [0.15, 0.2) is 0 Å². The van der Waals surface area contributed by atoms with Crippen molar-refractivity contribution in [3.05, 3.63) is 64.4 Å². The van der Waals surface area contributed by atoms with Crippen LogP contribution >= 0.6 is 11.3 Å². The summed E-state index contributed by atoms with van der Waals surface area (Å²) in [4.78, 5) is 4.78. The van der Waals surface area contributed by atoms with Gasteiger partial charge in [-0.25, -0.2) is 4.98 Å². The van der Waals surface area contributed by atoms with Gasteiger partial charge in [-0.3, -0.25) is 0 Å². The van der Waals surface area contributed by atoms with Crippen molar-refractivity contribution in [3.8, 4) is 10.6 Å². The van der Waals surface area contributed by atoms with Crippen LogP contribution in [0.2, 0.25) is 0 Å². The van der Waals surface area contributed by atoms with Crippen molar-refractivity contribution in [1.82, 2.24) is 9.55 Å². The molecule has 0 atom stereocenters. The van der Waals surface area contributed by atoms with E-state index in [-0.39, 0.29) is 0 Å². The number of rotatable bonds is 3. The van der Waals surface area contributed by atoms with Crippen LogP contribution in [0.15, 0.2) is 41.8 Å². The topological polar surface area (TPSA) is 17.8 Å². The van der Waals surface area contributed by atoms with Crippen LogP contribution in [0.25, 0.3) is 10.6 Å². The van der Waals surface area contributed by atoms with Gasteiger partial charge in [0.1, 0.15) is 5.01 Å². The van der Waals surface area contributed by atoms with E-state index < -0.39 is 0 Å². The zero-order valence-electron chi connectivity index (χ0n) is 12.1. The zero-order chi connectivity index (χ0) is 14.1. The molecular formula is C17H18N2S. The van der Waals surface area contributed by atoms with Gasteiger partial charge in [0.2, 0.25) is 0 Å². The fourth-order valence-corrected chi connectivity index (χ4v) is 3.21. The Balaban J connectivity index is 1.88. The summed E-state index contributed by atoms with van der Waals surface area (Å²) in [6, 6.07) is 12.8. The summed E-state index contributed by atoms with van der Waals surface area (Å²) in [6.07, 6.45) is 0. The lowest BCUT2D eigenvalue weighted by Crippen LogP contribution is -2.03. The molecule has 2 aromatic heterocycles. The van der Waals surface area contributed by atoms with Crippen LogP contribution in [0.4, 0.5) is 0 Å². The van der Waals surface area contributed by atoms with Crippen molar-refractivity contribution in [2.45, 2.75) is 27.3 Å². The second-order valence-corrected chi connectivity index (χ2v) is 6.07. The average Bonchev–Trinajstić information content (AvgIpc) is 3.01. The van der Waals surface area contributed by atoms with Crippen LogP contribution in [-0.4, -0.2) is 9.55 Å². The molecule has 0 amide bonds. The fourth-order valence-electron chi connectivity index (χ4n) is 2.40. The molecule has 102 valence electrons. The van der Waals surface area contributed by atoms with Gasteiger partial charge in [0.05, 0.1) is 12.2 Å². The Morgan fingerprint density at radius 1 is 1.05 bits per heavy atom. The third-order valence-corrected chi connectivity index (χ3v) is 4.49. The predicted molar refractivity (Wildman–Crippen MR) is 85.3 cm³/mol. The third kappa shape index (κ3) is 2.54. The van der Waals surface area contributed by atoms with E-state index in [1.165, 1.54) is 22.5 Å². The van der Waals surface area contributed by atoms with Crippen molar-refractivity contribution >= 4 is 11.3 Å². The molecule has 0 saturated carbocycles. The molecule has 0 spiro atoms. The van der Waals surface area contributed by atoms with Gasteiger partial charge < -0.3 is 4.57 Å². The molecule has 3 heteroatoms. The van der Waals surface area contributed by atoms with E-state index in [1.807, 2.05) is 0 Å². The van der Waals surface area contributed by atoms with E-state index >= 15 is 0 Å². The molecule has 0 fully saturated rings. The molecule has 2 heterocycles. The fraction of sp³-hybridized carbons (Fsp3) is 0.235. The number of nitrogens with zero attached hydrogens (tertiary/aromatic N) is 2. The van der Waals surface area contributed by atoms with Gasteiger partial charge in [-0.15, -0.1) is 11.3 Å². The maximum Gasteiger partial charge on any atom is 0.123 e. The first kappa shape index (κ1) is 13.1. The van der Waals surface area contributed by atoms with Crippen LogP contribution in [0.3, 0.4) is 0 Å². The smallest absolute Gasteiger partial charge is 0.123 e. The van der Waals surface area contributed by atoms with E-state index in [0.29, 0.717) is 0 Å². The second kappa shape index (κ2) is 5.25. The van der Waals surface area contributed by atoms with Gasteiger partial charge in [-0.1, -0.05) is 23.8 Å². The Morgan fingerprint density at radius 3 is 2.50 bits per heavy atom. The van der Waals surface area contributed by atoms with Crippen LogP contribution < -0.4 is 0 Å². The quantitative estimate of drug-likeness (QED) is 0.687. The number of hydrogen-bond acceptors (Lipinski definition) is 2. The number of aryl methyl sites for hydroxylation is 3. The Labute approximate surface area is 123 Å². The molecule has 0 N–H and O–H groups in total. The number of benzene rings is 1. The van der Waals surface area contributed by atoms with Gasteiger partial charge in [0, 0.05) is 22.3 Å². The van der Waals surface area contributed by atoms with Crippen LogP contribution in [0, 0.1) is 20.8 Å². The molecule has 1 aromatic carbocycles. The largest absolute Gasteiger partial charge is 0.343 e. The minimum Gasteiger partial charge on any atom is -0.343 e. The number of thiazole rings is 1. The van der Waals surface area contributed by atoms with E-state index in [1.54, 1.807) is 11.3 Å². The van der Waals surface area contributed by atoms with Crippen molar-refractivity contribution < 1.29 is 0 Å². The maximum absolute atomic E-state index is 4.78. The molecule has 0 aliphatic heterocycles. The lowest BCUT2D eigenvalue weighted by molar-refractivity contribution is 0.735. The molecule has 0 bridgehead atoms. The third-order valence-electron chi connectivity index (χ3n) is 3.55. The molecule has 0 saturated heterocycles. The summed E-state index contributed by atoms with van der Waals surface area (Å²) in [5.41, 5.74) is 6.19. The number of hydrogen-bond donors (Lipinski definition) is 0. The van der Waals surface area contributed by atoms with Crippen molar-refractivity contribution in [2.75, 3.05) is 0 Å². The Morgan fingerprint density at radius 2 is 1.80 bits per heavy atom. The van der Waals surface area contributed by atoms with Crippen LogP contribution in [0.5, 0.6) is 0 Å². The van der Waals surface area contributed by atoms with Gasteiger partial charge in [-0.2, -0.15) is 0 Å². The summed E-state index contributed by atoms with van der Waals surface area (Å²) in [7, 11) is 0. The molecule has 3 rings (SSSR count). The minimum absolute atomic E-state index is 0.854. The maximum atomic E-state index is 4.78. The summed E-state index contributed by atoms with van der Waals surface area (Å²) in [5, 5.41) is 3.27. The van der Waals surface area contributed by atoms with E-state index in [9.17, 15) is 0 Å². The Kier molecular flexibility index (Phi) is 3.45. The minimum atomic E-state index is 0.854. The molecule has 0 aliphatic carbocycles. The zero-order valence-corrected chi connectivity index (χ0v) is 12.9. The van der Waals surface area contributed by atoms with Crippen molar-refractivity contribution in [3.63, 3.8) is 0 Å². The first-order valence-electron chi connectivity index (χ1n) is 6.77. The normalized spacial score (nSPS) is 10.9. The predicted octanol–water partition coefficient (Wildman–Crippen LogP) is 4.59. The molecule has 20 heavy (non-hydrogen) atoms. The Bertz CT molecular complexity index is 718. The molecule has 0 aliphatic rings. The van der Waals surface area contributed by atoms with Gasteiger partial charge in [0.25, 0.3) is 0 Å². The van der Waals surface area contributed by atoms with Crippen molar-refractivity contribution in [1.29, 1.82) is 0 Å². The second-order valence-electron chi connectivity index (χ2n) is 5.22. The average molecular weight is 282 g/mol. The molecule has 2 nitrogen and oxygen atoms in total. The lowest BCUT2D eigenvalue weighted by Gasteiger charge is -2.06. The first-order valence-corrected chi connectivity index (χ1v) is 7.65. The van der Waals surface area contributed by atoms with Crippen LogP contribution in [-0.2, 0) is 6.54 Å². The molecule has 0 radical (unpaired) electrons. The highest BCUT2D eigenvalue weighted by Gasteiger charge is 2.07. The number of aromatic nitrogens is 2. The van der Waals surface area contributed by atoms with Gasteiger partial charge in [-0.05, 0) is 39.0 Å². The highest BCUT2D eigenvalue weighted by molar-refractivity contribution is 7.13. The highest BCUT2D eigenvalue weighted by Crippen LogP contribution is 2.25. The standard InChI is InChI=1S/C17H18N2S/c1-12-5-4-6-15(9-12)17-18-16(11-20-17)10-19-13(2)7-8-14(19)3/h4-9,11H,10H2,1-3H3. The monoisotopic (exact) mass is 282 g/mol. The summed E-state index contributed by atoms with van der Waals surface area (Å²) in [5.74, 6) is 0.